The highest BCUT2D eigenvalue weighted by molar-refractivity contribution is 7.98. The number of hydrogen-bond donors (Lipinski definition) is 2. The Morgan fingerprint density at radius 2 is 1.88 bits per heavy atom. The minimum Gasteiger partial charge on any atom is -0.323 e. The normalized spacial score (nSPS) is 31.4. The number of hydrogen-bond acceptors (Lipinski definition) is 4. The number of likely N-dealkylation sites (tertiary alicyclic amines) is 1. The van der Waals surface area contributed by atoms with Gasteiger partial charge in [0.25, 0.3) is 0 Å². The van der Waals surface area contributed by atoms with Crippen molar-refractivity contribution in [2.75, 3.05) is 26.2 Å². The number of rotatable bonds is 9. The van der Waals surface area contributed by atoms with Gasteiger partial charge in [0.05, 0.1) is 11.9 Å². The van der Waals surface area contributed by atoms with E-state index in [9.17, 15) is 13.2 Å². The Morgan fingerprint density at radius 3 is 2.50 bits per heavy atom. The fourth-order valence-corrected chi connectivity index (χ4v) is 6.78. The standard InChI is InChI=1S/C26H43ClF3N3S/c1-18(2)24(31-15-19-6-5-7-22(14-19)32-34-26(28,29)30)16-33-13-12-23(25(3,4)17-33)20-8-10-21(27)11-9-20/h5,7,14,18-21,23-24,31-32H,6,8-13,15-17H2,1-4H3/t19?,20?,21?,23?,24-/m0/s1. The van der Waals surface area contributed by atoms with Crippen LogP contribution in [-0.4, -0.2) is 48.0 Å². The van der Waals surface area contributed by atoms with E-state index < -0.39 is 5.51 Å². The molecule has 2 aliphatic carbocycles. The summed E-state index contributed by atoms with van der Waals surface area (Å²) in [7, 11) is 0. The van der Waals surface area contributed by atoms with Crippen LogP contribution in [0, 0.1) is 29.1 Å². The molecule has 1 saturated heterocycles. The molecule has 3 nitrogen and oxygen atoms in total. The number of halogens is 4. The van der Waals surface area contributed by atoms with Crippen molar-refractivity contribution in [2.24, 2.45) is 29.1 Å². The molecule has 1 heterocycles. The van der Waals surface area contributed by atoms with Crippen LogP contribution >= 0.6 is 23.5 Å². The number of nitrogens with zero attached hydrogens (tertiary/aromatic N) is 1. The maximum atomic E-state index is 12.5. The molecule has 1 aliphatic heterocycles. The highest BCUT2D eigenvalue weighted by Gasteiger charge is 2.41. The third-order valence-electron chi connectivity index (χ3n) is 8.00. The van der Waals surface area contributed by atoms with Crippen LogP contribution in [0.4, 0.5) is 13.2 Å². The lowest BCUT2D eigenvalue weighted by atomic mass is 9.64. The van der Waals surface area contributed by atoms with Crippen molar-refractivity contribution < 1.29 is 13.2 Å². The topological polar surface area (TPSA) is 27.3 Å². The van der Waals surface area contributed by atoms with Crippen molar-refractivity contribution in [3.8, 4) is 0 Å². The predicted octanol–water partition coefficient (Wildman–Crippen LogP) is 6.96. The minimum atomic E-state index is -4.28. The van der Waals surface area contributed by atoms with Crippen molar-refractivity contribution in [1.82, 2.24) is 14.9 Å². The van der Waals surface area contributed by atoms with E-state index in [2.05, 4.69) is 42.6 Å². The summed E-state index contributed by atoms with van der Waals surface area (Å²) >= 11 is 6.16. The van der Waals surface area contributed by atoms with Gasteiger partial charge in [-0.25, -0.2) is 0 Å². The summed E-state index contributed by atoms with van der Waals surface area (Å²) in [6.07, 6.45) is 12.6. The molecule has 8 heteroatoms. The Kier molecular flexibility index (Phi) is 10.2. The maximum absolute atomic E-state index is 12.5. The van der Waals surface area contributed by atoms with Crippen LogP contribution in [0.1, 0.15) is 66.2 Å². The Hall–Kier alpha value is -0.370. The smallest absolute Gasteiger partial charge is 0.323 e. The molecular weight excluding hydrogens is 479 g/mol. The summed E-state index contributed by atoms with van der Waals surface area (Å²) in [6.45, 7) is 13.5. The van der Waals surface area contributed by atoms with E-state index in [-0.39, 0.29) is 17.9 Å². The zero-order valence-electron chi connectivity index (χ0n) is 21.1. The largest absolute Gasteiger partial charge is 0.461 e. The summed E-state index contributed by atoms with van der Waals surface area (Å²) in [5.74, 6) is 2.27. The second-order valence-electron chi connectivity index (χ2n) is 11.6. The van der Waals surface area contributed by atoms with E-state index in [4.69, 9.17) is 11.6 Å². The first-order chi connectivity index (χ1) is 15.9. The van der Waals surface area contributed by atoms with Crippen molar-refractivity contribution in [3.63, 3.8) is 0 Å². The predicted molar refractivity (Wildman–Crippen MR) is 139 cm³/mol. The van der Waals surface area contributed by atoms with Crippen molar-refractivity contribution in [2.45, 2.75) is 83.1 Å². The van der Waals surface area contributed by atoms with Gasteiger partial charge >= 0.3 is 5.51 Å². The maximum Gasteiger partial charge on any atom is 0.461 e. The lowest BCUT2D eigenvalue weighted by Crippen LogP contribution is -2.53. The lowest BCUT2D eigenvalue weighted by molar-refractivity contribution is -0.0333. The minimum absolute atomic E-state index is 0.196. The second kappa shape index (κ2) is 12.2. The SMILES string of the molecule is CC(C)[C@H](CN1CCC(C2CCC(Cl)CC2)C(C)(C)C1)NCC1C=C(NSC(F)(F)F)C=CC1. The first kappa shape index (κ1) is 28.2. The molecule has 196 valence electrons. The molecular formula is C26H43ClF3N3S. The van der Waals surface area contributed by atoms with Crippen molar-refractivity contribution in [1.29, 1.82) is 0 Å². The molecule has 1 saturated carbocycles. The average molecular weight is 522 g/mol. The van der Waals surface area contributed by atoms with Crippen LogP contribution in [0.25, 0.3) is 0 Å². The second-order valence-corrected chi connectivity index (χ2v) is 13.0. The highest BCUT2D eigenvalue weighted by Crippen LogP contribution is 2.45. The van der Waals surface area contributed by atoms with Gasteiger partial charge < -0.3 is 14.9 Å². The van der Waals surface area contributed by atoms with Gasteiger partial charge in [-0.05, 0) is 80.2 Å². The Morgan fingerprint density at radius 1 is 1.18 bits per heavy atom. The number of allylic oxidation sites excluding steroid dienone is 2. The average Bonchev–Trinajstić information content (AvgIpc) is 2.75. The molecule has 34 heavy (non-hydrogen) atoms. The van der Waals surface area contributed by atoms with Gasteiger partial charge in [0, 0.05) is 36.8 Å². The third kappa shape index (κ3) is 8.63. The van der Waals surface area contributed by atoms with Gasteiger partial charge in [0.2, 0.25) is 0 Å². The zero-order valence-corrected chi connectivity index (χ0v) is 22.7. The molecule has 2 unspecified atom stereocenters. The van der Waals surface area contributed by atoms with E-state index in [0.29, 0.717) is 28.4 Å². The molecule has 2 fully saturated rings. The van der Waals surface area contributed by atoms with Crippen LogP contribution < -0.4 is 10.0 Å². The van der Waals surface area contributed by atoms with Crippen LogP contribution in [-0.2, 0) is 0 Å². The Labute approximate surface area is 213 Å². The first-order valence-electron chi connectivity index (χ1n) is 12.9. The Balaban J connectivity index is 1.49. The molecule has 0 amide bonds. The van der Waals surface area contributed by atoms with Gasteiger partial charge in [-0.1, -0.05) is 39.8 Å². The van der Waals surface area contributed by atoms with E-state index in [1.54, 1.807) is 6.08 Å². The van der Waals surface area contributed by atoms with Gasteiger partial charge in [-0.3, -0.25) is 0 Å². The first-order valence-corrected chi connectivity index (χ1v) is 14.2. The molecule has 0 aromatic rings. The quantitative estimate of drug-likeness (QED) is 0.253. The molecule has 0 radical (unpaired) electrons. The fraction of sp³-hybridized carbons (Fsp3) is 0.846. The van der Waals surface area contributed by atoms with Crippen molar-refractivity contribution in [3.05, 3.63) is 23.9 Å². The van der Waals surface area contributed by atoms with Gasteiger partial charge in [0.15, 0.2) is 0 Å². The van der Waals surface area contributed by atoms with E-state index in [1.807, 2.05) is 12.2 Å². The fourth-order valence-electron chi connectivity index (χ4n) is 6.16. The summed E-state index contributed by atoms with van der Waals surface area (Å²) in [5.41, 5.74) is -3.45. The summed E-state index contributed by atoms with van der Waals surface area (Å²) in [6, 6.07) is 0.360. The monoisotopic (exact) mass is 521 g/mol. The molecule has 2 N–H and O–H groups in total. The summed E-state index contributed by atoms with van der Waals surface area (Å²) in [4.78, 5) is 2.63. The number of nitrogens with one attached hydrogen (secondary N) is 2. The molecule has 0 bridgehead atoms. The highest BCUT2D eigenvalue weighted by atomic mass is 35.5. The summed E-state index contributed by atoms with van der Waals surface area (Å²) in [5, 5.41) is 4.12. The molecule has 3 atom stereocenters. The number of piperidine rings is 1. The molecule has 3 aliphatic rings. The Bertz CT molecular complexity index is 702. The zero-order chi connectivity index (χ0) is 24.9. The van der Waals surface area contributed by atoms with Crippen LogP contribution in [0.15, 0.2) is 23.9 Å². The molecule has 0 aromatic carbocycles. The summed E-state index contributed by atoms with van der Waals surface area (Å²) < 4.78 is 39.9. The third-order valence-corrected chi connectivity index (χ3v) is 9.01. The van der Waals surface area contributed by atoms with E-state index in [1.165, 1.54) is 32.1 Å². The van der Waals surface area contributed by atoms with Crippen molar-refractivity contribution >= 4 is 23.5 Å². The van der Waals surface area contributed by atoms with Crippen LogP contribution in [0.3, 0.4) is 0 Å². The number of alkyl halides is 4. The van der Waals surface area contributed by atoms with Crippen LogP contribution in [0.5, 0.6) is 0 Å². The van der Waals surface area contributed by atoms with E-state index in [0.717, 1.165) is 44.4 Å². The van der Waals surface area contributed by atoms with Crippen LogP contribution in [0.2, 0.25) is 0 Å². The molecule has 0 aromatic heterocycles. The molecule has 0 spiro atoms. The van der Waals surface area contributed by atoms with Gasteiger partial charge in [-0.2, -0.15) is 13.2 Å². The molecule has 3 rings (SSSR count). The van der Waals surface area contributed by atoms with E-state index >= 15 is 0 Å². The lowest BCUT2D eigenvalue weighted by Gasteiger charge is -2.49. The van der Waals surface area contributed by atoms with Gasteiger partial charge in [-0.15, -0.1) is 11.6 Å². The van der Waals surface area contributed by atoms with Gasteiger partial charge in [0.1, 0.15) is 0 Å².